The van der Waals surface area contributed by atoms with Crippen LogP contribution >= 0.6 is 27.3 Å². The Morgan fingerprint density at radius 2 is 2.29 bits per heavy atom. The van der Waals surface area contributed by atoms with Crippen molar-refractivity contribution in [2.45, 2.75) is 45.1 Å². The Kier molecular flexibility index (Phi) is 3.35. The van der Waals surface area contributed by atoms with Crippen molar-refractivity contribution in [2.75, 3.05) is 0 Å². The average Bonchev–Trinajstić information content (AvgIpc) is 2.93. The summed E-state index contributed by atoms with van der Waals surface area (Å²) in [5.74, 6) is 2.67. The third-order valence-corrected chi connectivity index (χ3v) is 6.62. The Labute approximate surface area is 115 Å². The van der Waals surface area contributed by atoms with Gasteiger partial charge in [0.2, 0.25) is 0 Å². The van der Waals surface area contributed by atoms with Crippen LogP contribution in [0.2, 0.25) is 0 Å². The van der Waals surface area contributed by atoms with Crippen LogP contribution in [0, 0.1) is 24.7 Å². The van der Waals surface area contributed by atoms with Gasteiger partial charge in [-0.2, -0.15) is 0 Å². The fourth-order valence-corrected chi connectivity index (χ4v) is 5.70. The van der Waals surface area contributed by atoms with E-state index >= 15 is 0 Å². The van der Waals surface area contributed by atoms with E-state index in [2.05, 4.69) is 28.9 Å². The van der Waals surface area contributed by atoms with Gasteiger partial charge in [-0.25, -0.2) is 0 Å². The van der Waals surface area contributed by atoms with Crippen molar-refractivity contribution >= 4 is 27.3 Å². The van der Waals surface area contributed by atoms with E-state index in [9.17, 15) is 5.11 Å². The highest BCUT2D eigenvalue weighted by Gasteiger charge is 2.40. The van der Waals surface area contributed by atoms with E-state index in [0.29, 0.717) is 0 Å². The van der Waals surface area contributed by atoms with Crippen molar-refractivity contribution in [1.29, 1.82) is 0 Å². The normalized spacial score (nSPS) is 33.2. The van der Waals surface area contributed by atoms with E-state index in [-0.39, 0.29) is 6.10 Å². The number of thiophene rings is 1. The lowest BCUT2D eigenvalue weighted by atomic mass is 9.84. The van der Waals surface area contributed by atoms with Gasteiger partial charge in [-0.3, -0.25) is 0 Å². The Hall–Kier alpha value is 0.140. The Bertz CT molecular complexity index is 414. The van der Waals surface area contributed by atoms with Gasteiger partial charge in [-0.15, -0.1) is 11.3 Å². The summed E-state index contributed by atoms with van der Waals surface area (Å²) < 4.78 is 1.09. The van der Waals surface area contributed by atoms with Crippen molar-refractivity contribution in [3.63, 3.8) is 0 Å². The zero-order chi connectivity index (χ0) is 12.0. The molecular weight excluding hydrogens is 296 g/mol. The minimum absolute atomic E-state index is 0.257. The van der Waals surface area contributed by atoms with Crippen LogP contribution in [-0.4, -0.2) is 5.11 Å². The summed E-state index contributed by atoms with van der Waals surface area (Å²) >= 11 is 5.29. The molecular formula is C14H19BrOS. The molecule has 2 bridgehead atoms. The summed E-state index contributed by atoms with van der Waals surface area (Å²) in [5.41, 5.74) is 0. The number of fused-ring (bicyclic) bond motifs is 2. The maximum absolute atomic E-state index is 10.4. The molecule has 1 aromatic rings. The third kappa shape index (κ3) is 2.34. The predicted molar refractivity (Wildman–Crippen MR) is 75.3 cm³/mol. The van der Waals surface area contributed by atoms with Crippen LogP contribution in [-0.2, 0) is 0 Å². The number of aryl methyl sites for hydroxylation is 1. The van der Waals surface area contributed by atoms with E-state index in [0.717, 1.165) is 33.5 Å². The van der Waals surface area contributed by atoms with Gasteiger partial charge in [0.15, 0.2) is 0 Å². The molecule has 2 aliphatic rings. The van der Waals surface area contributed by atoms with Gasteiger partial charge >= 0.3 is 0 Å². The van der Waals surface area contributed by atoms with Crippen LogP contribution in [0.5, 0.6) is 0 Å². The van der Waals surface area contributed by atoms with Crippen molar-refractivity contribution in [3.8, 4) is 0 Å². The summed E-state index contributed by atoms with van der Waals surface area (Å²) in [6.45, 7) is 2.10. The second-order valence-electron chi connectivity index (χ2n) is 5.76. The summed E-state index contributed by atoms with van der Waals surface area (Å²) in [4.78, 5) is 2.41. The van der Waals surface area contributed by atoms with E-state index in [4.69, 9.17) is 0 Å². The van der Waals surface area contributed by atoms with Crippen LogP contribution in [0.15, 0.2) is 10.5 Å². The predicted octanol–water partition coefficient (Wildman–Crippen LogP) is 4.68. The highest BCUT2D eigenvalue weighted by atomic mass is 79.9. The SMILES string of the molecule is Cc1cc(Br)c(C(O)CC2CC3CCC2C3)s1. The molecule has 1 heterocycles. The molecule has 4 unspecified atom stereocenters. The molecule has 17 heavy (non-hydrogen) atoms. The summed E-state index contributed by atoms with van der Waals surface area (Å²) in [6.07, 6.45) is 6.37. The molecule has 2 saturated carbocycles. The van der Waals surface area contributed by atoms with Gasteiger partial charge in [-0.1, -0.05) is 6.42 Å². The lowest BCUT2D eigenvalue weighted by Crippen LogP contribution is -2.13. The number of hydrogen-bond donors (Lipinski definition) is 1. The first-order valence-electron chi connectivity index (χ1n) is 6.57. The molecule has 2 fully saturated rings. The first kappa shape index (κ1) is 12.2. The zero-order valence-corrected chi connectivity index (χ0v) is 12.6. The monoisotopic (exact) mass is 314 g/mol. The van der Waals surface area contributed by atoms with E-state index in [1.54, 1.807) is 11.3 Å². The minimum atomic E-state index is -0.257. The molecule has 94 valence electrons. The largest absolute Gasteiger partial charge is 0.388 e. The molecule has 0 radical (unpaired) electrons. The van der Waals surface area contributed by atoms with Crippen LogP contribution in [0.1, 0.15) is 48.0 Å². The zero-order valence-electron chi connectivity index (χ0n) is 10.2. The van der Waals surface area contributed by atoms with Gasteiger partial charge in [-0.05, 0) is 72.4 Å². The molecule has 3 heteroatoms. The van der Waals surface area contributed by atoms with Crippen LogP contribution in [0.3, 0.4) is 0 Å². The minimum Gasteiger partial charge on any atom is -0.388 e. The molecule has 0 amide bonds. The fourth-order valence-electron chi connectivity index (χ4n) is 3.79. The number of rotatable bonds is 3. The number of halogens is 1. The second-order valence-corrected chi connectivity index (χ2v) is 7.90. The number of aliphatic hydroxyl groups is 1. The van der Waals surface area contributed by atoms with Crippen LogP contribution in [0.4, 0.5) is 0 Å². The van der Waals surface area contributed by atoms with Gasteiger partial charge in [0.1, 0.15) is 0 Å². The second kappa shape index (κ2) is 4.67. The maximum Gasteiger partial charge on any atom is 0.0896 e. The molecule has 0 saturated heterocycles. The smallest absolute Gasteiger partial charge is 0.0896 e. The van der Waals surface area contributed by atoms with Gasteiger partial charge in [0.25, 0.3) is 0 Å². The van der Waals surface area contributed by atoms with Crippen LogP contribution in [0.25, 0.3) is 0 Å². The molecule has 1 aromatic heterocycles. The Morgan fingerprint density at radius 3 is 2.82 bits per heavy atom. The lowest BCUT2D eigenvalue weighted by Gasteiger charge is -2.23. The van der Waals surface area contributed by atoms with Gasteiger partial charge < -0.3 is 5.11 Å². The molecule has 4 atom stereocenters. The fraction of sp³-hybridized carbons (Fsp3) is 0.714. The standard InChI is InChI=1S/C14H19BrOS/c1-8-4-12(15)14(17-8)13(16)7-11-6-9-2-3-10(11)5-9/h4,9-11,13,16H,2-3,5-7H2,1H3. The van der Waals surface area contributed by atoms with Crippen molar-refractivity contribution < 1.29 is 5.11 Å². The quantitative estimate of drug-likeness (QED) is 0.859. The average molecular weight is 315 g/mol. The van der Waals surface area contributed by atoms with E-state index < -0.39 is 0 Å². The van der Waals surface area contributed by atoms with Crippen molar-refractivity contribution in [3.05, 3.63) is 20.3 Å². The lowest BCUT2D eigenvalue weighted by molar-refractivity contribution is 0.128. The van der Waals surface area contributed by atoms with Gasteiger partial charge in [0, 0.05) is 14.2 Å². The van der Waals surface area contributed by atoms with Gasteiger partial charge in [0.05, 0.1) is 6.10 Å². The number of aliphatic hydroxyl groups excluding tert-OH is 1. The first-order valence-corrected chi connectivity index (χ1v) is 8.18. The maximum atomic E-state index is 10.4. The highest BCUT2D eigenvalue weighted by molar-refractivity contribution is 9.10. The summed E-state index contributed by atoms with van der Waals surface area (Å²) in [5, 5.41) is 10.4. The topological polar surface area (TPSA) is 20.2 Å². The third-order valence-electron chi connectivity index (χ3n) is 4.55. The van der Waals surface area contributed by atoms with E-state index in [1.165, 1.54) is 30.6 Å². The first-order chi connectivity index (χ1) is 8.13. The molecule has 0 aliphatic heterocycles. The molecule has 2 aliphatic carbocycles. The van der Waals surface area contributed by atoms with Crippen molar-refractivity contribution in [2.24, 2.45) is 17.8 Å². The molecule has 1 nitrogen and oxygen atoms in total. The molecule has 1 N–H and O–H groups in total. The molecule has 3 rings (SSSR count). The van der Waals surface area contributed by atoms with E-state index in [1.807, 2.05) is 0 Å². The molecule has 0 aromatic carbocycles. The number of hydrogen-bond acceptors (Lipinski definition) is 2. The highest BCUT2D eigenvalue weighted by Crippen LogP contribution is 2.51. The Morgan fingerprint density at radius 1 is 1.47 bits per heavy atom. The summed E-state index contributed by atoms with van der Waals surface area (Å²) in [7, 11) is 0. The van der Waals surface area contributed by atoms with Crippen LogP contribution < -0.4 is 0 Å². The Balaban J connectivity index is 1.67. The van der Waals surface area contributed by atoms with Crippen molar-refractivity contribution in [1.82, 2.24) is 0 Å². The summed E-state index contributed by atoms with van der Waals surface area (Å²) in [6, 6.07) is 2.12. The molecule has 0 spiro atoms.